The van der Waals surface area contributed by atoms with Crippen molar-refractivity contribution in [1.82, 2.24) is 10.2 Å². The lowest BCUT2D eigenvalue weighted by atomic mass is 9.94. The molecule has 0 saturated heterocycles. The number of hydrogen-bond donors (Lipinski definition) is 2. The van der Waals surface area contributed by atoms with Crippen LogP contribution in [0.15, 0.2) is 36.4 Å². The highest BCUT2D eigenvalue weighted by molar-refractivity contribution is 6.00. The summed E-state index contributed by atoms with van der Waals surface area (Å²) in [5, 5.41) is 5.83. The molecule has 3 amide bonds. The number of alkyl carbamates (subject to hydrolysis) is 1. The van der Waals surface area contributed by atoms with Crippen molar-refractivity contribution in [3.05, 3.63) is 64.2 Å². The molecule has 0 aliphatic carbocycles. The van der Waals surface area contributed by atoms with Crippen molar-refractivity contribution in [2.45, 2.75) is 86.9 Å². The van der Waals surface area contributed by atoms with Crippen molar-refractivity contribution in [2.24, 2.45) is 5.92 Å². The third-order valence-electron chi connectivity index (χ3n) is 6.46. The predicted molar refractivity (Wildman–Crippen MR) is 149 cm³/mol. The van der Waals surface area contributed by atoms with Crippen LogP contribution < -0.4 is 10.6 Å². The van der Waals surface area contributed by atoms with Crippen LogP contribution in [0.3, 0.4) is 0 Å². The van der Waals surface area contributed by atoms with Gasteiger partial charge >= 0.3 is 6.09 Å². The monoisotopic (exact) mass is 509 g/mol. The molecule has 2 atom stereocenters. The maximum Gasteiger partial charge on any atom is 0.408 e. The highest BCUT2D eigenvalue weighted by Crippen LogP contribution is 2.30. The van der Waals surface area contributed by atoms with E-state index in [9.17, 15) is 14.4 Å². The summed E-state index contributed by atoms with van der Waals surface area (Å²) in [6.07, 6.45) is -0.668. The molecule has 0 radical (unpaired) electrons. The van der Waals surface area contributed by atoms with Crippen molar-refractivity contribution < 1.29 is 19.1 Å². The van der Waals surface area contributed by atoms with Gasteiger partial charge in [0.25, 0.3) is 5.91 Å². The number of benzene rings is 2. The van der Waals surface area contributed by atoms with Crippen LogP contribution in [0.5, 0.6) is 0 Å². The van der Waals surface area contributed by atoms with E-state index in [4.69, 9.17) is 4.74 Å². The number of amides is 3. The van der Waals surface area contributed by atoms with Crippen LogP contribution in [0, 0.1) is 33.6 Å². The number of para-hydroxylation sites is 1. The number of aryl methyl sites for hydroxylation is 3. The van der Waals surface area contributed by atoms with Crippen LogP contribution in [-0.4, -0.2) is 41.0 Å². The number of carbonyl (C=O) groups is 3. The van der Waals surface area contributed by atoms with Gasteiger partial charge in [0.05, 0.1) is 0 Å². The van der Waals surface area contributed by atoms with E-state index in [2.05, 4.69) is 10.6 Å². The van der Waals surface area contributed by atoms with Crippen LogP contribution in [0.2, 0.25) is 0 Å². The fourth-order valence-corrected chi connectivity index (χ4v) is 4.32. The molecule has 0 saturated carbocycles. The average Bonchev–Trinajstić information content (AvgIpc) is 2.78. The standard InChI is InChI=1S/C30H43N3O4/c1-11-33(28(35)24(18(2)3)32-29(36)37-30(8,9)10)26(23-17-13-14-19(4)22(23)7)27(34)31-25-20(5)15-12-16-21(25)6/h12-18,24,26H,11H2,1-10H3,(H,31,34)(H,32,36). The Labute approximate surface area is 222 Å². The zero-order valence-corrected chi connectivity index (χ0v) is 24.0. The zero-order chi connectivity index (χ0) is 28.1. The molecule has 0 aromatic heterocycles. The Morgan fingerprint density at radius 3 is 1.97 bits per heavy atom. The van der Waals surface area contributed by atoms with Gasteiger partial charge in [-0.3, -0.25) is 9.59 Å². The Morgan fingerprint density at radius 1 is 0.919 bits per heavy atom. The summed E-state index contributed by atoms with van der Waals surface area (Å²) in [5.41, 5.74) is 4.63. The first kappa shape index (κ1) is 29.9. The van der Waals surface area contributed by atoms with Crippen LogP contribution in [0.1, 0.15) is 75.4 Å². The average molecular weight is 510 g/mol. The number of nitrogens with zero attached hydrogens (tertiary/aromatic N) is 1. The highest BCUT2D eigenvalue weighted by Gasteiger charge is 2.37. The molecule has 202 valence electrons. The number of anilines is 1. The Bertz CT molecular complexity index is 1110. The van der Waals surface area contributed by atoms with E-state index >= 15 is 0 Å². The Balaban J connectivity index is 2.55. The molecule has 2 N–H and O–H groups in total. The summed E-state index contributed by atoms with van der Waals surface area (Å²) in [6.45, 7) is 19.0. The minimum Gasteiger partial charge on any atom is -0.444 e. The van der Waals surface area contributed by atoms with Gasteiger partial charge in [-0.25, -0.2) is 4.79 Å². The number of carbonyl (C=O) groups excluding carboxylic acids is 3. The fourth-order valence-electron chi connectivity index (χ4n) is 4.32. The lowest BCUT2D eigenvalue weighted by Gasteiger charge is -2.35. The van der Waals surface area contributed by atoms with Gasteiger partial charge in [-0.05, 0) is 89.1 Å². The van der Waals surface area contributed by atoms with E-state index in [-0.39, 0.29) is 24.3 Å². The molecule has 2 rings (SSSR count). The Kier molecular flexibility index (Phi) is 9.90. The second-order valence-corrected chi connectivity index (χ2v) is 10.9. The third kappa shape index (κ3) is 7.57. The molecule has 0 aliphatic heterocycles. The van der Waals surface area contributed by atoms with Gasteiger partial charge in [0.15, 0.2) is 0 Å². The Morgan fingerprint density at radius 2 is 1.46 bits per heavy atom. The van der Waals surface area contributed by atoms with Crippen LogP contribution >= 0.6 is 0 Å². The normalized spacial score (nSPS) is 13.1. The van der Waals surface area contributed by atoms with Gasteiger partial charge in [0.1, 0.15) is 17.7 Å². The summed E-state index contributed by atoms with van der Waals surface area (Å²) in [6, 6.07) is 9.84. The van der Waals surface area contributed by atoms with Gasteiger partial charge in [0, 0.05) is 12.2 Å². The molecule has 0 fully saturated rings. The van der Waals surface area contributed by atoms with Crippen molar-refractivity contribution in [2.75, 3.05) is 11.9 Å². The molecular formula is C30H43N3O4. The fraction of sp³-hybridized carbons (Fsp3) is 0.500. The minimum atomic E-state index is -0.891. The zero-order valence-electron chi connectivity index (χ0n) is 24.0. The maximum atomic E-state index is 14.0. The number of hydrogen-bond acceptors (Lipinski definition) is 4. The topological polar surface area (TPSA) is 87.7 Å². The van der Waals surface area contributed by atoms with E-state index in [1.165, 1.54) is 0 Å². The van der Waals surface area contributed by atoms with Crippen LogP contribution in [0.4, 0.5) is 10.5 Å². The van der Waals surface area contributed by atoms with Crippen LogP contribution in [0.25, 0.3) is 0 Å². The van der Waals surface area contributed by atoms with E-state index in [1.807, 2.05) is 84.9 Å². The molecule has 7 heteroatoms. The summed E-state index contributed by atoms with van der Waals surface area (Å²) >= 11 is 0. The summed E-state index contributed by atoms with van der Waals surface area (Å²) in [5.74, 6) is -0.873. The van der Waals surface area contributed by atoms with Crippen molar-refractivity contribution >= 4 is 23.6 Å². The van der Waals surface area contributed by atoms with Gasteiger partial charge < -0.3 is 20.3 Å². The summed E-state index contributed by atoms with van der Waals surface area (Å²) < 4.78 is 5.41. The SMILES string of the molecule is CCN(C(=O)C(NC(=O)OC(C)(C)C)C(C)C)C(C(=O)Nc1c(C)cccc1C)c1cccc(C)c1C. The summed E-state index contributed by atoms with van der Waals surface area (Å²) in [4.78, 5) is 42.1. The quantitative estimate of drug-likeness (QED) is 0.457. The number of likely N-dealkylation sites (N-methyl/N-ethyl adjacent to an activating group) is 1. The molecule has 0 bridgehead atoms. The van der Waals surface area contributed by atoms with Crippen molar-refractivity contribution in [3.63, 3.8) is 0 Å². The molecular weight excluding hydrogens is 466 g/mol. The smallest absolute Gasteiger partial charge is 0.408 e. The molecule has 2 unspecified atom stereocenters. The minimum absolute atomic E-state index is 0.227. The molecule has 0 heterocycles. The Hall–Kier alpha value is -3.35. The van der Waals surface area contributed by atoms with E-state index < -0.39 is 23.8 Å². The van der Waals surface area contributed by atoms with Gasteiger partial charge in [-0.1, -0.05) is 50.2 Å². The predicted octanol–water partition coefficient (Wildman–Crippen LogP) is 6.00. The third-order valence-corrected chi connectivity index (χ3v) is 6.46. The lowest BCUT2D eigenvalue weighted by Crippen LogP contribution is -2.54. The first-order valence-corrected chi connectivity index (χ1v) is 12.9. The molecule has 2 aromatic rings. The molecule has 7 nitrogen and oxygen atoms in total. The van der Waals surface area contributed by atoms with E-state index in [0.29, 0.717) is 0 Å². The van der Waals surface area contributed by atoms with Gasteiger partial charge in [-0.2, -0.15) is 0 Å². The second-order valence-electron chi connectivity index (χ2n) is 10.9. The van der Waals surface area contributed by atoms with E-state index in [1.54, 1.807) is 25.7 Å². The number of nitrogens with one attached hydrogen (secondary N) is 2. The van der Waals surface area contributed by atoms with E-state index in [0.717, 1.165) is 33.5 Å². The first-order valence-electron chi connectivity index (χ1n) is 12.9. The summed E-state index contributed by atoms with van der Waals surface area (Å²) in [7, 11) is 0. The lowest BCUT2D eigenvalue weighted by molar-refractivity contribution is -0.141. The van der Waals surface area contributed by atoms with Crippen molar-refractivity contribution in [3.8, 4) is 0 Å². The van der Waals surface area contributed by atoms with Crippen LogP contribution in [-0.2, 0) is 14.3 Å². The maximum absolute atomic E-state index is 14.0. The molecule has 0 aliphatic rings. The second kappa shape index (κ2) is 12.3. The van der Waals surface area contributed by atoms with Gasteiger partial charge in [-0.15, -0.1) is 0 Å². The highest BCUT2D eigenvalue weighted by atomic mass is 16.6. The number of ether oxygens (including phenoxy) is 1. The molecule has 37 heavy (non-hydrogen) atoms. The number of rotatable bonds is 8. The van der Waals surface area contributed by atoms with Gasteiger partial charge in [0.2, 0.25) is 5.91 Å². The molecule has 0 spiro atoms. The van der Waals surface area contributed by atoms with Crippen molar-refractivity contribution in [1.29, 1.82) is 0 Å². The molecule has 2 aromatic carbocycles. The first-order chi connectivity index (χ1) is 17.2. The largest absolute Gasteiger partial charge is 0.444 e.